The van der Waals surface area contributed by atoms with Crippen molar-refractivity contribution in [1.82, 2.24) is 0 Å². The van der Waals surface area contributed by atoms with Crippen LogP contribution >= 0.6 is 11.6 Å². The summed E-state index contributed by atoms with van der Waals surface area (Å²) in [5.74, 6) is 0.121. The molecule has 1 atom stereocenters. The predicted molar refractivity (Wildman–Crippen MR) is 61.8 cm³/mol. The first-order valence-corrected chi connectivity index (χ1v) is 6.58. The zero-order valence-corrected chi connectivity index (χ0v) is 9.42. The largest absolute Gasteiger partial charge is 0.378 e. The van der Waals surface area contributed by atoms with Gasteiger partial charge in [0.15, 0.2) is 9.84 Å². The topological polar surface area (TPSA) is 46.2 Å². The van der Waals surface area contributed by atoms with Gasteiger partial charge in [-0.25, -0.2) is 8.42 Å². The fourth-order valence-corrected chi connectivity index (χ4v) is 2.79. The summed E-state index contributed by atoms with van der Waals surface area (Å²) in [4.78, 5) is 0. The summed E-state index contributed by atoms with van der Waals surface area (Å²) in [6, 6.07) is 7.02. The summed E-state index contributed by atoms with van der Waals surface area (Å²) in [6.07, 6.45) is 1.66. The first-order valence-electron chi connectivity index (χ1n) is 4.48. The molecule has 1 aromatic rings. The molecular formula is C10H10ClNO2S. The highest BCUT2D eigenvalue weighted by atomic mass is 35.5. The van der Waals surface area contributed by atoms with E-state index in [1.807, 2.05) is 12.1 Å². The molecule has 1 N–H and O–H groups in total. The Morgan fingerprint density at radius 2 is 1.93 bits per heavy atom. The van der Waals surface area contributed by atoms with Crippen LogP contribution in [0.2, 0.25) is 5.02 Å². The van der Waals surface area contributed by atoms with E-state index < -0.39 is 9.84 Å². The van der Waals surface area contributed by atoms with E-state index in [1.165, 1.54) is 5.41 Å². The van der Waals surface area contributed by atoms with Crippen molar-refractivity contribution in [2.45, 2.75) is 6.04 Å². The third kappa shape index (κ3) is 2.73. The van der Waals surface area contributed by atoms with E-state index in [4.69, 9.17) is 11.6 Å². The van der Waals surface area contributed by atoms with Gasteiger partial charge in [-0.15, -0.1) is 0 Å². The number of hydrogen-bond donors (Lipinski definition) is 1. The molecule has 0 aromatic heterocycles. The van der Waals surface area contributed by atoms with Gasteiger partial charge in [0.05, 0.1) is 11.8 Å². The van der Waals surface area contributed by atoms with Crippen LogP contribution in [0.5, 0.6) is 0 Å². The van der Waals surface area contributed by atoms with E-state index in [1.54, 1.807) is 18.2 Å². The lowest BCUT2D eigenvalue weighted by molar-refractivity contribution is 0.605. The van der Waals surface area contributed by atoms with Crippen molar-refractivity contribution in [3.63, 3.8) is 0 Å². The highest BCUT2D eigenvalue weighted by Gasteiger charge is 2.20. The lowest BCUT2D eigenvalue weighted by Crippen LogP contribution is -2.20. The normalized spacial score (nSPS) is 22.9. The van der Waals surface area contributed by atoms with Crippen molar-refractivity contribution in [1.29, 1.82) is 0 Å². The molecule has 0 fully saturated rings. The molecular weight excluding hydrogens is 234 g/mol. The van der Waals surface area contributed by atoms with Gasteiger partial charge in [0.25, 0.3) is 0 Å². The van der Waals surface area contributed by atoms with Crippen LogP contribution in [0.3, 0.4) is 0 Å². The molecule has 5 heteroatoms. The van der Waals surface area contributed by atoms with Crippen molar-refractivity contribution in [3.8, 4) is 0 Å². The number of benzene rings is 1. The molecule has 1 aliphatic rings. The van der Waals surface area contributed by atoms with Crippen LogP contribution in [0.25, 0.3) is 0 Å². The minimum absolute atomic E-state index is 0.121. The first-order chi connectivity index (χ1) is 7.05. The van der Waals surface area contributed by atoms with Gasteiger partial charge in [-0.05, 0) is 24.3 Å². The Hall–Kier alpha value is -1.00. The molecule has 0 saturated carbocycles. The summed E-state index contributed by atoms with van der Waals surface area (Å²) in [5.41, 5.74) is 0.867. The molecule has 0 aliphatic carbocycles. The van der Waals surface area contributed by atoms with Crippen LogP contribution in [0.1, 0.15) is 0 Å². The van der Waals surface area contributed by atoms with Crippen LogP contribution in [-0.2, 0) is 9.84 Å². The van der Waals surface area contributed by atoms with Crippen molar-refractivity contribution in [2.75, 3.05) is 11.1 Å². The molecule has 0 unspecified atom stereocenters. The molecule has 3 nitrogen and oxygen atoms in total. The Balaban J connectivity index is 2.05. The van der Waals surface area contributed by atoms with E-state index in [2.05, 4.69) is 5.32 Å². The average molecular weight is 244 g/mol. The monoisotopic (exact) mass is 243 g/mol. The Bertz CT molecular complexity index is 479. The zero-order chi connectivity index (χ0) is 10.9. The Kier molecular flexibility index (Phi) is 2.71. The number of hydrogen-bond acceptors (Lipinski definition) is 3. The third-order valence-corrected chi connectivity index (χ3v) is 3.77. The average Bonchev–Trinajstić information content (AvgIpc) is 2.50. The minimum atomic E-state index is -2.99. The van der Waals surface area contributed by atoms with Gasteiger partial charge in [-0.1, -0.05) is 17.7 Å². The molecule has 0 spiro atoms. The molecule has 1 heterocycles. The van der Waals surface area contributed by atoms with Gasteiger partial charge < -0.3 is 5.32 Å². The van der Waals surface area contributed by atoms with Gasteiger partial charge in [-0.3, -0.25) is 0 Å². The van der Waals surface area contributed by atoms with Gasteiger partial charge in [0.2, 0.25) is 0 Å². The van der Waals surface area contributed by atoms with E-state index in [-0.39, 0.29) is 11.8 Å². The molecule has 1 aromatic carbocycles. The Morgan fingerprint density at radius 1 is 1.27 bits per heavy atom. The predicted octanol–water partition coefficient (Wildman–Crippen LogP) is 2.06. The molecule has 0 radical (unpaired) electrons. The summed E-state index contributed by atoms with van der Waals surface area (Å²) < 4.78 is 22.3. The number of halogens is 1. The maximum atomic E-state index is 11.1. The van der Waals surface area contributed by atoms with Gasteiger partial charge in [-0.2, -0.15) is 0 Å². The molecule has 0 saturated heterocycles. The van der Waals surface area contributed by atoms with E-state index in [9.17, 15) is 8.42 Å². The maximum Gasteiger partial charge on any atom is 0.173 e. The number of rotatable bonds is 2. The van der Waals surface area contributed by atoms with E-state index in [0.717, 1.165) is 5.69 Å². The Morgan fingerprint density at radius 3 is 2.47 bits per heavy atom. The summed E-state index contributed by atoms with van der Waals surface area (Å²) in [5, 5.41) is 5.01. The number of nitrogens with one attached hydrogen (secondary N) is 1. The van der Waals surface area contributed by atoms with Gasteiger partial charge >= 0.3 is 0 Å². The molecule has 0 amide bonds. The summed E-state index contributed by atoms with van der Waals surface area (Å²) >= 11 is 5.74. The number of sulfone groups is 1. The zero-order valence-electron chi connectivity index (χ0n) is 7.85. The van der Waals surface area contributed by atoms with Crippen LogP contribution in [0, 0.1) is 0 Å². The highest BCUT2D eigenvalue weighted by Crippen LogP contribution is 2.17. The summed E-state index contributed by atoms with van der Waals surface area (Å²) in [7, 11) is -2.99. The quantitative estimate of drug-likeness (QED) is 0.865. The van der Waals surface area contributed by atoms with Gasteiger partial charge in [0.1, 0.15) is 0 Å². The van der Waals surface area contributed by atoms with Crippen LogP contribution in [0.15, 0.2) is 35.7 Å². The lowest BCUT2D eigenvalue weighted by atomic mass is 10.2. The molecule has 2 rings (SSSR count). The van der Waals surface area contributed by atoms with Crippen molar-refractivity contribution in [2.24, 2.45) is 0 Å². The van der Waals surface area contributed by atoms with Crippen LogP contribution in [0.4, 0.5) is 5.69 Å². The van der Waals surface area contributed by atoms with Crippen molar-refractivity contribution >= 4 is 27.1 Å². The SMILES string of the molecule is O=S1(=O)C=C[C@H](Nc2ccc(Cl)cc2)C1. The summed E-state index contributed by atoms with van der Waals surface area (Å²) in [6.45, 7) is 0. The molecule has 15 heavy (non-hydrogen) atoms. The smallest absolute Gasteiger partial charge is 0.173 e. The fraction of sp³-hybridized carbons (Fsp3) is 0.200. The van der Waals surface area contributed by atoms with E-state index in [0.29, 0.717) is 5.02 Å². The minimum Gasteiger partial charge on any atom is -0.378 e. The first kappa shape index (κ1) is 10.5. The highest BCUT2D eigenvalue weighted by molar-refractivity contribution is 7.94. The molecule has 80 valence electrons. The standard InChI is InChI=1S/C10H10ClNO2S/c11-8-1-3-9(4-2-8)12-10-5-6-15(13,14)7-10/h1-6,10,12H,7H2/t10-/m0/s1. The van der Waals surface area contributed by atoms with Crippen molar-refractivity contribution in [3.05, 3.63) is 40.8 Å². The van der Waals surface area contributed by atoms with Crippen molar-refractivity contribution < 1.29 is 8.42 Å². The fourth-order valence-electron chi connectivity index (χ4n) is 1.43. The lowest BCUT2D eigenvalue weighted by Gasteiger charge is -2.11. The van der Waals surface area contributed by atoms with Crippen LogP contribution in [-0.4, -0.2) is 20.2 Å². The second-order valence-electron chi connectivity index (χ2n) is 3.42. The second-order valence-corrected chi connectivity index (χ2v) is 5.78. The van der Waals surface area contributed by atoms with E-state index >= 15 is 0 Å². The molecule has 1 aliphatic heterocycles. The van der Waals surface area contributed by atoms with Crippen LogP contribution < -0.4 is 5.32 Å². The molecule has 0 bridgehead atoms. The number of anilines is 1. The van der Waals surface area contributed by atoms with Gasteiger partial charge in [0, 0.05) is 16.1 Å². The second kappa shape index (κ2) is 3.87. The Labute approximate surface area is 93.7 Å². The third-order valence-electron chi connectivity index (χ3n) is 2.13. The maximum absolute atomic E-state index is 11.1.